The normalized spacial score (nSPS) is 11.5. The molecule has 1 unspecified atom stereocenters. The lowest BCUT2D eigenvalue weighted by molar-refractivity contribution is 0.775. The van der Waals surface area contributed by atoms with Crippen LogP contribution in [-0.4, -0.2) is 6.54 Å². The van der Waals surface area contributed by atoms with Crippen LogP contribution in [0.3, 0.4) is 0 Å². The third kappa shape index (κ3) is 6.77. The highest BCUT2D eigenvalue weighted by atomic mass is 35.7. The molecule has 0 bridgehead atoms. The fourth-order valence-corrected chi connectivity index (χ4v) is 1.21. The molecule has 0 aliphatic heterocycles. The Morgan fingerprint density at radius 1 is 1.75 bits per heavy atom. The van der Waals surface area contributed by atoms with E-state index in [1.54, 1.807) is 0 Å². The first-order chi connectivity index (χ1) is 3.77. The van der Waals surface area contributed by atoms with Crippen molar-refractivity contribution in [2.24, 2.45) is 0 Å². The van der Waals surface area contributed by atoms with Gasteiger partial charge in [-0.05, 0) is 6.42 Å². The maximum Gasteiger partial charge on any atom is 0.383 e. The molecular weight excluding hydrogens is 161 g/mol. The van der Waals surface area contributed by atoms with E-state index < -0.39 is 6.20 Å². The topological polar surface area (TPSA) is 12.0 Å². The molecule has 0 amide bonds. The predicted molar refractivity (Wildman–Crippen MR) is 43.0 cm³/mol. The number of nitrogens with one attached hydrogen (secondary N) is 1. The molecular formula is C4H10ClNPS+. The van der Waals surface area contributed by atoms with Crippen LogP contribution in [0, 0.1) is 0 Å². The summed E-state index contributed by atoms with van der Waals surface area (Å²) in [5.74, 6) is 0. The largest absolute Gasteiger partial charge is 0.383 e. The third-order valence-corrected chi connectivity index (χ3v) is 1.98. The Balaban J connectivity index is 2.82. The molecule has 48 valence electrons. The molecule has 0 aromatic carbocycles. The minimum absolute atomic E-state index is 0.807. The monoisotopic (exact) mass is 170 g/mol. The van der Waals surface area contributed by atoms with Gasteiger partial charge in [0.1, 0.15) is 0 Å². The van der Waals surface area contributed by atoms with Crippen molar-refractivity contribution < 1.29 is 0 Å². The van der Waals surface area contributed by atoms with E-state index in [-0.39, 0.29) is 0 Å². The summed E-state index contributed by atoms with van der Waals surface area (Å²) in [5.41, 5.74) is 0. The van der Waals surface area contributed by atoms with Gasteiger partial charge in [0, 0.05) is 6.54 Å². The van der Waals surface area contributed by atoms with Crippen molar-refractivity contribution in [2.75, 3.05) is 6.54 Å². The second kappa shape index (κ2) is 5.90. The molecule has 4 heteroatoms. The zero-order valence-corrected chi connectivity index (χ0v) is 7.32. The van der Waals surface area contributed by atoms with E-state index in [9.17, 15) is 0 Å². The van der Waals surface area contributed by atoms with Crippen molar-refractivity contribution in [2.45, 2.75) is 19.8 Å². The summed E-state index contributed by atoms with van der Waals surface area (Å²) in [7, 11) is 0. The van der Waals surface area contributed by atoms with Gasteiger partial charge in [0.15, 0.2) is 11.2 Å². The molecule has 1 atom stereocenters. The van der Waals surface area contributed by atoms with Gasteiger partial charge < -0.3 is 0 Å². The summed E-state index contributed by atoms with van der Waals surface area (Å²) >= 11 is 10.2. The van der Waals surface area contributed by atoms with Gasteiger partial charge in [-0.1, -0.05) is 13.3 Å². The number of unbranched alkanes of at least 4 members (excludes halogenated alkanes) is 1. The zero-order chi connectivity index (χ0) is 6.41. The maximum absolute atomic E-state index is 5.48. The van der Waals surface area contributed by atoms with E-state index in [2.05, 4.69) is 12.0 Å². The van der Waals surface area contributed by atoms with Crippen LogP contribution in [0.1, 0.15) is 19.8 Å². The average molecular weight is 171 g/mol. The van der Waals surface area contributed by atoms with Gasteiger partial charge in [-0.25, -0.2) is 0 Å². The van der Waals surface area contributed by atoms with Gasteiger partial charge >= 0.3 is 6.20 Å². The maximum atomic E-state index is 5.48. The Labute approximate surface area is 61.1 Å². The number of halogens is 1. The lowest BCUT2D eigenvalue weighted by Gasteiger charge is -1.86. The Hall–Kier alpha value is 0.770. The standard InChI is InChI=1S/C4H10ClNPS/c1-2-3-4-6-7(5)8/h2-4H2,1H3,(H,6,8)/q+1. The fraction of sp³-hybridized carbons (Fsp3) is 1.00. The molecule has 0 radical (unpaired) electrons. The summed E-state index contributed by atoms with van der Waals surface area (Å²) in [5, 5.41) is 2.99. The Bertz CT molecular complexity index is 78.4. The number of hydrogen-bond acceptors (Lipinski definition) is 1. The highest BCUT2D eigenvalue weighted by molar-refractivity contribution is 8.16. The Morgan fingerprint density at radius 3 is 2.75 bits per heavy atom. The van der Waals surface area contributed by atoms with Crippen LogP contribution in [0.15, 0.2) is 0 Å². The van der Waals surface area contributed by atoms with Crippen molar-refractivity contribution in [1.29, 1.82) is 0 Å². The van der Waals surface area contributed by atoms with E-state index in [0.29, 0.717) is 0 Å². The highest BCUT2D eigenvalue weighted by Gasteiger charge is 2.00. The van der Waals surface area contributed by atoms with E-state index in [4.69, 9.17) is 23.0 Å². The van der Waals surface area contributed by atoms with Crippen molar-refractivity contribution in [3.8, 4) is 0 Å². The molecule has 1 N–H and O–H groups in total. The summed E-state index contributed by atoms with van der Waals surface area (Å²) < 4.78 is 0. The first-order valence-electron chi connectivity index (χ1n) is 2.64. The summed E-state index contributed by atoms with van der Waals surface area (Å²) in [6.07, 6.45) is 1.56. The quantitative estimate of drug-likeness (QED) is 0.514. The van der Waals surface area contributed by atoms with Crippen LogP contribution >= 0.6 is 17.4 Å². The zero-order valence-electron chi connectivity index (χ0n) is 4.85. The Morgan fingerprint density at radius 2 is 2.38 bits per heavy atom. The molecule has 0 saturated carbocycles. The molecule has 1 nitrogen and oxygen atoms in total. The molecule has 0 aliphatic carbocycles. The minimum Gasteiger partial charge on any atom is -0.117 e. The van der Waals surface area contributed by atoms with Crippen molar-refractivity contribution >= 4 is 29.2 Å². The lowest BCUT2D eigenvalue weighted by atomic mass is 10.3. The highest BCUT2D eigenvalue weighted by Crippen LogP contribution is 2.19. The third-order valence-electron chi connectivity index (χ3n) is 0.766. The molecule has 0 saturated heterocycles. The van der Waals surface area contributed by atoms with E-state index in [0.717, 1.165) is 6.54 Å². The van der Waals surface area contributed by atoms with Crippen molar-refractivity contribution in [1.82, 2.24) is 5.09 Å². The van der Waals surface area contributed by atoms with Crippen LogP contribution in [-0.2, 0) is 11.8 Å². The van der Waals surface area contributed by atoms with Crippen molar-refractivity contribution in [3.63, 3.8) is 0 Å². The smallest absolute Gasteiger partial charge is 0.117 e. The van der Waals surface area contributed by atoms with Crippen LogP contribution in [0.2, 0.25) is 0 Å². The van der Waals surface area contributed by atoms with Gasteiger partial charge in [0.2, 0.25) is 11.8 Å². The lowest BCUT2D eigenvalue weighted by Crippen LogP contribution is -2.01. The SMILES string of the molecule is CCCCN[P+](=S)Cl. The molecule has 0 aromatic heterocycles. The van der Waals surface area contributed by atoms with Crippen LogP contribution < -0.4 is 5.09 Å². The minimum atomic E-state index is -0.807. The van der Waals surface area contributed by atoms with E-state index in [1.165, 1.54) is 12.8 Å². The molecule has 0 rings (SSSR count). The second-order valence-corrected chi connectivity index (χ2v) is 5.02. The van der Waals surface area contributed by atoms with Crippen LogP contribution in [0.5, 0.6) is 0 Å². The fourth-order valence-electron chi connectivity index (χ4n) is 0.344. The Kier molecular flexibility index (Phi) is 6.47. The van der Waals surface area contributed by atoms with Crippen LogP contribution in [0.25, 0.3) is 0 Å². The number of hydrogen-bond donors (Lipinski definition) is 1. The molecule has 0 aromatic rings. The predicted octanol–water partition coefficient (Wildman–Crippen LogP) is 2.39. The van der Waals surface area contributed by atoms with Gasteiger partial charge in [-0.3, -0.25) is 0 Å². The number of rotatable bonds is 4. The van der Waals surface area contributed by atoms with E-state index in [1.807, 2.05) is 0 Å². The summed E-state index contributed by atoms with van der Waals surface area (Å²) in [4.78, 5) is 0. The van der Waals surface area contributed by atoms with Crippen LogP contribution in [0.4, 0.5) is 0 Å². The summed E-state index contributed by atoms with van der Waals surface area (Å²) in [6.45, 7) is 3.11. The first kappa shape index (κ1) is 8.77. The van der Waals surface area contributed by atoms with Gasteiger partial charge in [0.05, 0.1) is 0 Å². The second-order valence-electron chi connectivity index (χ2n) is 1.51. The molecule has 8 heavy (non-hydrogen) atoms. The molecule has 0 fully saturated rings. The molecule has 0 aliphatic rings. The average Bonchev–Trinajstić information content (AvgIpc) is 1.66. The van der Waals surface area contributed by atoms with Gasteiger partial charge in [-0.15, -0.1) is 5.09 Å². The van der Waals surface area contributed by atoms with Crippen molar-refractivity contribution in [3.05, 3.63) is 0 Å². The van der Waals surface area contributed by atoms with E-state index >= 15 is 0 Å². The van der Waals surface area contributed by atoms with Gasteiger partial charge in [0.25, 0.3) is 0 Å². The molecule has 0 spiro atoms. The molecule has 0 heterocycles. The summed E-state index contributed by atoms with van der Waals surface area (Å²) in [6, 6.07) is 0. The first-order valence-corrected chi connectivity index (χ1v) is 5.90. The van der Waals surface area contributed by atoms with Gasteiger partial charge in [-0.2, -0.15) is 0 Å².